The average molecular weight is 945 g/mol. The standard InChI is InChI=1S/C51H92O15/c1-3-5-7-9-11-13-15-17-19-21-23-25-27-29-31-33-42(53)61-36-39(64-43(54)34-32-30-28-26-24-22-20-18-16-14-12-10-8-6-4-2)37-62-50-49(60)47(58)45(56)41(66-50)38-63-51-48(59)46(57)44(55)40(35-52)65-51/h17-20,39-41,44-52,55-60H,3-16,21-38H2,1-2H3/b19-17-,20-18-/t39-,40-,41-,44+,45+,46+,47+,48-,49-,50-,51+/m1/s1. The molecule has 2 rings (SSSR count). The molecule has 2 saturated heterocycles. The molecule has 0 aromatic rings. The van der Waals surface area contributed by atoms with Crippen LogP contribution in [0, 0.1) is 0 Å². The van der Waals surface area contributed by atoms with Crippen molar-refractivity contribution >= 4 is 11.9 Å². The minimum atomic E-state index is -1.77. The van der Waals surface area contributed by atoms with Crippen molar-refractivity contribution in [2.45, 2.75) is 261 Å². The van der Waals surface area contributed by atoms with E-state index in [-0.39, 0.29) is 26.1 Å². The molecule has 0 unspecified atom stereocenters. The van der Waals surface area contributed by atoms with E-state index in [2.05, 4.69) is 38.2 Å². The van der Waals surface area contributed by atoms with Gasteiger partial charge in [0.15, 0.2) is 18.7 Å². The molecule has 0 radical (unpaired) electrons. The number of allylic oxidation sites excluding steroid dienone is 4. The first-order valence-electron chi connectivity index (χ1n) is 25.9. The fraction of sp³-hybridized carbons (Fsp3) is 0.882. The lowest BCUT2D eigenvalue weighted by Gasteiger charge is -2.42. The van der Waals surface area contributed by atoms with Gasteiger partial charge in [0.1, 0.15) is 55.4 Å². The minimum Gasteiger partial charge on any atom is -0.462 e. The summed E-state index contributed by atoms with van der Waals surface area (Å²) in [6.07, 6.45) is 22.0. The number of rotatable bonds is 40. The number of ether oxygens (including phenoxy) is 6. The van der Waals surface area contributed by atoms with E-state index in [1.165, 1.54) is 77.0 Å². The number of hydrogen-bond acceptors (Lipinski definition) is 15. The van der Waals surface area contributed by atoms with Crippen LogP contribution in [-0.2, 0) is 38.0 Å². The first-order chi connectivity index (χ1) is 32.0. The molecule has 2 aliphatic heterocycles. The van der Waals surface area contributed by atoms with Crippen LogP contribution < -0.4 is 0 Å². The van der Waals surface area contributed by atoms with Crippen LogP contribution in [-0.4, -0.2) is 142 Å². The van der Waals surface area contributed by atoms with E-state index in [4.69, 9.17) is 28.4 Å². The maximum Gasteiger partial charge on any atom is 0.306 e. The zero-order valence-electron chi connectivity index (χ0n) is 40.7. The summed E-state index contributed by atoms with van der Waals surface area (Å²) in [7, 11) is 0. The molecule has 2 fully saturated rings. The van der Waals surface area contributed by atoms with Crippen LogP contribution >= 0.6 is 0 Å². The molecule has 15 heteroatoms. The van der Waals surface area contributed by atoms with E-state index in [0.29, 0.717) is 12.8 Å². The zero-order valence-corrected chi connectivity index (χ0v) is 40.7. The number of carbonyl (C=O) groups is 2. The second-order valence-corrected chi connectivity index (χ2v) is 18.3. The van der Waals surface area contributed by atoms with Crippen LogP contribution in [0.3, 0.4) is 0 Å². The molecule has 2 heterocycles. The largest absolute Gasteiger partial charge is 0.462 e. The summed E-state index contributed by atoms with van der Waals surface area (Å²) < 4.78 is 33.6. The first-order valence-corrected chi connectivity index (χ1v) is 25.9. The second kappa shape index (κ2) is 38.8. The van der Waals surface area contributed by atoms with Crippen molar-refractivity contribution < 1.29 is 73.8 Å². The van der Waals surface area contributed by atoms with Gasteiger partial charge in [0, 0.05) is 12.8 Å². The summed E-state index contributed by atoms with van der Waals surface area (Å²) >= 11 is 0. The van der Waals surface area contributed by atoms with Crippen LogP contribution in [0.15, 0.2) is 24.3 Å². The summed E-state index contributed by atoms with van der Waals surface area (Å²) in [4.78, 5) is 25.7. The van der Waals surface area contributed by atoms with Gasteiger partial charge in [0.2, 0.25) is 0 Å². The highest BCUT2D eigenvalue weighted by atomic mass is 16.7. The van der Waals surface area contributed by atoms with Gasteiger partial charge in [-0.3, -0.25) is 9.59 Å². The Balaban J connectivity index is 1.82. The molecule has 7 N–H and O–H groups in total. The van der Waals surface area contributed by atoms with Gasteiger partial charge in [0.05, 0.1) is 19.8 Å². The number of esters is 2. The Bertz CT molecular complexity index is 1250. The molecule has 0 aromatic carbocycles. The van der Waals surface area contributed by atoms with Crippen LogP contribution in [0.5, 0.6) is 0 Å². The summed E-state index contributed by atoms with van der Waals surface area (Å²) in [6.45, 7) is 2.57. The Morgan fingerprint density at radius 1 is 0.470 bits per heavy atom. The van der Waals surface area contributed by atoms with Crippen LogP contribution in [0.1, 0.15) is 194 Å². The Labute approximate surface area is 396 Å². The fourth-order valence-electron chi connectivity index (χ4n) is 8.09. The Morgan fingerprint density at radius 3 is 1.33 bits per heavy atom. The predicted molar refractivity (Wildman–Crippen MR) is 252 cm³/mol. The second-order valence-electron chi connectivity index (χ2n) is 18.3. The maximum atomic E-state index is 13.0. The van der Waals surface area contributed by atoms with Crippen LogP contribution in [0.4, 0.5) is 0 Å². The molecule has 0 amide bonds. The molecular weight excluding hydrogens is 853 g/mol. The first kappa shape index (κ1) is 60.1. The van der Waals surface area contributed by atoms with Crippen LogP contribution in [0.2, 0.25) is 0 Å². The van der Waals surface area contributed by atoms with Gasteiger partial charge in [-0.1, -0.05) is 141 Å². The zero-order chi connectivity index (χ0) is 48.2. The molecule has 2 aliphatic rings. The van der Waals surface area contributed by atoms with Gasteiger partial charge in [-0.15, -0.1) is 0 Å². The maximum absolute atomic E-state index is 13.0. The van der Waals surface area contributed by atoms with Gasteiger partial charge >= 0.3 is 11.9 Å². The lowest BCUT2D eigenvalue weighted by atomic mass is 9.98. The monoisotopic (exact) mass is 945 g/mol. The predicted octanol–water partition coefficient (Wildman–Crippen LogP) is 7.16. The third-order valence-electron chi connectivity index (χ3n) is 12.4. The highest BCUT2D eigenvalue weighted by Gasteiger charge is 2.47. The quantitative estimate of drug-likeness (QED) is 0.0184. The topological polar surface area (TPSA) is 231 Å². The molecule has 15 nitrogen and oxygen atoms in total. The molecule has 386 valence electrons. The smallest absolute Gasteiger partial charge is 0.306 e. The lowest BCUT2D eigenvalue weighted by Crippen LogP contribution is -2.61. The molecule has 0 aromatic heterocycles. The van der Waals surface area contributed by atoms with E-state index in [1.807, 2.05) is 0 Å². The van der Waals surface area contributed by atoms with Gasteiger partial charge in [-0.05, 0) is 64.2 Å². The Kier molecular flexibility index (Phi) is 35.3. The molecule has 11 atom stereocenters. The summed E-state index contributed by atoms with van der Waals surface area (Å²) in [6, 6.07) is 0. The van der Waals surface area contributed by atoms with E-state index in [9.17, 15) is 45.3 Å². The highest BCUT2D eigenvalue weighted by Crippen LogP contribution is 2.26. The highest BCUT2D eigenvalue weighted by molar-refractivity contribution is 5.70. The van der Waals surface area contributed by atoms with Crippen molar-refractivity contribution in [3.05, 3.63) is 24.3 Å². The lowest BCUT2D eigenvalue weighted by molar-refractivity contribution is -0.332. The van der Waals surface area contributed by atoms with E-state index in [0.717, 1.165) is 77.0 Å². The molecule has 0 bridgehead atoms. The fourth-order valence-corrected chi connectivity index (χ4v) is 8.09. The van der Waals surface area contributed by atoms with Crippen LogP contribution in [0.25, 0.3) is 0 Å². The number of aliphatic hydroxyl groups excluding tert-OH is 7. The van der Waals surface area contributed by atoms with Gasteiger partial charge in [-0.25, -0.2) is 0 Å². The van der Waals surface area contributed by atoms with E-state index in [1.54, 1.807) is 0 Å². The number of unbranched alkanes of at least 4 members (excludes halogenated alkanes) is 22. The van der Waals surface area contributed by atoms with E-state index < -0.39 is 92.7 Å². The van der Waals surface area contributed by atoms with E-state index >= 15 is 0 Å². The van der Waals surface area contributed by atoms with Crippen molar-refractivity contribution in [1.29, 1.82) is 0 Å². The minimum absolute atomic E-state index is 0.155. The van der Waals surface area contributed by atoms with Crippen molar-refractivity contribution in [1.82, 2.24) is 0 Å². The third kappa shape index (κ3) is 26.7. The van der Waals surface area contributed by atoms with Gasteiger partial charge in [-0.2, -0.15) is 0 Å². The molecule has 0 saturated carbocycles. The van der Waals surface area contributed by atoms with Crippen molar-refractivity contribution in [3.8, 4) is 0 Å². The average Bonchev–Trinajstić information content (AvgIpc) is 3.31. The SMILES string of the molecule is CCCCCCCC/C=C\CCCCCCCC(=O)OC[C@H](CO[C@@H]1O[C@H](CO[C@H]2O[C@H](CO)[C@H](O)[C@H](O)[C@H]2O)[C@H](O)[C@H](O)[C@H]1O)OC(=O)CCCCCCC/C=C\CCCCCCCC. The number of hydrogen-bond donors (Lipinski definition) is 7. The number of aliphatic hydroxyl groups is 7. The normalized spacial score (nSPS) is 26.3. The summed E-state index contributed by atoms with van der Waals surface area (Å²) in [5, 5.41) is 72.0. The molecule has 0 spiro atoms. The summed E-state index contributed by atoms with van der Waals surface area (Å²) in [5.74, 6) is -0.940. The third-order valence-corrected chi connectivity index (χ3v) is 12.4. The van der Waals surface area contributed by atoms with Crippen molar-refractivity contribution in [3.63, 3.8) is 0 Å². The van der Waals surface area contributed by atoms with Crippen molar-refractivity contribution in [2.24, 2.45) is 0 Å². The molecular formula is C51H92O15. The Hall–Kier alpha value is -2.02. The van der Waals surface area contributed by atoms with Gasteiger partial charge < -0.3 is 64.2 Å². The van der Waals surface area contributed by atoms with Gasteiger partial charge in [0.25, 0.3) is 0 Å². The summed E-state index contributed by atoms with van der Waals surface area (Å²) in [5.41, 5.74) is 0. The number of carbonyl (C=O) groups excluding carboxylic acids is 2. The molecule has 0 aliphatic carbocycles. The Morgan fingerprint density at radius 2 is 0.864 bits per heavy atom. The molecule has 66 heavy (non-hydrogen) atoms. The van der Waals surface area contributed by atoms with Crippen molar-refractivity contribution in [2.75, 3.05) is 26.4 Å².